The van der Waals surface area contributed by atoms with Gasteiger partial charge < -0.3 is 10.6 Å². The highest BCUT2D eigenvalue weighted by atomic mass is 32.1. The van der Waals surface area contributed by atoms with Crippen molar-refractivity contribution in [3.05, 3.63) is 16.9 Å². The summed E-state index contributed by atoms with van der Waals surface area (Å²) in [5.41, 5.74) is 0.830. The van der Waals surface area contributed by atoms with Crippen LogP contribution in [0.3, 0.4) is 0 Å². The van der Waals surface area contributed by atoms with Gasteiger partial charge in [-0.2, -0.15) is 5.10 Å². The molecule has 1 unspecified atom stereocenters. The van der Waals surface area contributed by atoms with Crippen molar-refractivity contribution < 1.29 is 9.59 Å². The summed E-state index contributed by atoms with van der Waals surface area (Å²) in [6.07, 6.45) is 1.97. The van der Waals surface area contributed by atoms with Gasteiger partial charge in [0.25, 0.3) is 0 Å². The van der Waals surface area contributed by atoms with Crippen LogP contribution in [0.25, 0.3) is 4.96 Å². The number of hydrogen-bond donors (Lipinski definition) is 2. The lowest BCUT2D eigenvalue weighted by Crippen LogP contribution is -2.58. The van der Waals surface area contributed by atoms with Crippen LogP contribution in [0, 0.1) is 12.3 Å². The molecule has 142 valence electrons. The largest absolute Gasteiger partial charge is 0.353 e. The third-order valence-electron chi connectivity index (χ3n) is 4.16. The topological polar surface area (TPSA) is 91.6 Å². The van der Waals surface area contributed by atoms with Crippen molar-refractivity contribution >= 4 is 28.1 Å². The Kier molecular flexibility index (Phi) is 5.29. The number of amides is 2. The Labute approximate surface area is 157 Å². The fourth-order valence-corrected chi connectivity index (χ4v) is 3.89. The van der Waals surface area contributed by atoms with E-state index < -0.39 is 6.04 Å². The average Bonchev–Trinajstić information content (AvgIpc) is 3.04. The number of aryl methyl sites for hydroxylation is 1. The van der Waals surface area contributed by atoms with Crippen LogP contribution in [-0.2, 0) is 16.1 Å². The van der Waals surface area contributed by atoms with Crippen molar-refractivity contribution in [1.29, 1.82) is 0 Å². The first kappa shape index (κ1) is 18.8. The van der Waals surface area contributed by atoms with Crippen LogP contribution in [0.2, 0.25) is 0 Å². The molecule has 1 aliphatic rings. The molecule has 2 aromatic rings. The second-order valence-corrected chi connectivity index (χ2v) is 9.06. The lowest BCUT2D eigenvalue weighted by Gasteiger charge is -2.38. The number of hydrogen-bond acceptors (Lipinski definition) is 6. The summed E-state index contributed by atoms with van der Waals surface area (Å²) in [5.74, 6) is -0.218. The molecule has 1 aliphatic heterocycles. The van der Waals surface area contributed by atoms with E-state index in [-0.39, 0.29) is 23.7 Å². The van der Waals surface area contributed by atoms with Crippen molar-refractivity contribution in [2.45, 2.75) is 46.7 Å². The molecule has 0 saturated carbocycles. The van der Waals surface area contributed by atoms with Crippen molar-refractivity contribution in [2.75, 3.05) is 19.6 Å². The molecule has 3 rings (SSSR count). The van der Waals surface area contributed by atoms with Crippen molar-refractivity contribution in [2.24, 2.45) is 5.41 Å². The van der Waals surface area contributed by atoms with E-state index >= 15 is 0 Å². The van der Waals surface area contributed by atoms with Crippen molar-refractivity contribution in [3.8, 4) is 0 Å². The maximum absolute atomic E-state index is 12.4. The Morgan fingerprint density at radius 1 is 1.46 bits per heavy atom. The fraction of sp³-hybridized carbons (Fsp3) is 0.647. The SMILES string of the molecule is Cc1nn2cc(CNC(=O)CC3C(=O)NCCN3CC(C)(C)C)nc2s1. The second kappa shape index (κ2) is 7.32. The van der Waals surface area contributed by atoms with E-state index in [0.29, 0.717) is 13.1 Å². The van der Waals surface area contributed by atoms with Gasteiger partial charge in [-0.25, -0.2) is 9.50 Å². The quantitative estimate of drug-likeness (QED) is 0.808. The van der Waals surface area contributed by atoms with Crippen LogP contribution in [0.15, 0.2) is 6.20 Å². The predicted molar refractivity (Wildman–Crippen MR) is 99.9 cm³/mol. The first-order valence-electron chi connectivity index (χ1n) is 8.81. The highest BCUT2D eigenvalue weighted by molar-refractivity contribution is 7.16. The molecule has 2 aromatic heterocycles. The Bertz CT molecular complexity index is 774. The van der Waals surface area contributed by atoms with E-state index in [2.05, 4.69) is 46.4 Å². The molecule has 1 fully saturated rings. The first-order chi connectivity index (χ1) is 12.2. The minimum atomic E-state index is -0.419. The Balaban J connectivity index is 1.57. The number of nitrogens with one attached hydrogen (secondary N) is 2. The Morgan fingerprint density at radius 3 is 2.92 bits per heavy atom. The molecular weight excluding hydrogens is 352 g/mol. The Morgan fingerprint density at radius 2 is 2.23 bits per heavy atom. The number of aromatic nitrogens is 3. The van der Waals surface area contributed by atoms with Gasteiger partial charge in [0.2, 0.25) is 16.8 Å². The number of carbonyl (C=O) groups is 2. The average molecular weight is 379 g/mol. The van der Waals surface area contributed by atoms with E-state index in [1.807, 2.05) is 13.1 Å². The molecule has 8 nitrogen and oxygen atoms in total. The van der Waals surface area contributed by atoms with Gasteiger partial charge in [0, 0.05) is 19.6 Å². The van der Waals surface area contributed by atoms with Gasteiger partial charge in [-0.1, -0.05) is 32.1 Å². The van der Waals surface area contributed by atoms with Crippen LogP contribution in [-0.4, -0.2) is 57.0 Å². The first-order valence-corrected chi connectivity index (χ1v) is 9.63. The molecular formula is C17H26N6O2S. The van der Waals surface area contributed by atoms with Crippen molar-refractivity contribution in [3.63, 3.8) is 0 Å². The molecule has 3 heterocycles. The summed E-state index contributed by atoms with van der Waals surface area (Å²) in [6, 6.07) is -0.419. The van der Waals surface area contributed by atoms with Gasteiger partial charge in [0.05, 0.1) is 30.9 Å². The van der Waals surface area contributed by atoms with Crippen LogP contribution in [0.1, 0.15) is 37.9 Å². The number of carbonyl (C=O) groups excluding carboxylic acids is 2. The third kappa shape index (κ3) is 4.59. The van der Waals surface area contributed by atoms with Crippen LogP contribution in [0.4, 0.5) is 0 Å². The summed E-state index contributed by atoms with van der Waals surface area (Å²) in [7, 11) is 0. The van der Waals surface area contributed by atoms with Gasteiger partial charge in [-0.15, -0.1) is 0 Å². The maximum atomic E-state index is 12.4. The minimum absolute atomic E-state index is 0.0691. The molecule has 2 N–H and O–H groups in total. The molecule has 2 amide bonds. The van der Waals surface area contributed by atoms with E-state index in [1.165, 1.54) is 11.3 Å². The fourth-order valence-electron chi connectivity index (χ4n) is 3.15. The number of imidazole rings is 1. The van der Waals surface area contributed by atoms with Crippen molar-refractivity contribution in [1.82, 2.24) is 30.1 Å². The highest BCUT2D eigenvalue weighted by Gasteiger charge is 2.33. The lowest BCUT2D eigenvalue weighted by molar-refractivity contribution is -0.134. The summed E-state index contributed by atoms with van der Waals surface area (Å²) in [6.45, 7) is 10.8. The summed E-state index contributed by atoms with van der Waals surface area (Å²) in [5, 5.41) is 11.0. The van der Waals surface area contributed by atoms with Crippen LogP contribution >= 0.6 is 11.3 Å². The van der Waals surface area contributed by atoms with Crippen LogP contribution in [0.5, 0.6) is 0 Å². The number of rotatable bonds is 5. The summed E-state index contributed by atoms with van der Waals surface area (Å²) < 4.78 is 1.72. The van der Waals surface area contributed by atoms with Gasteiger partial charge in [0.15, 0.2) is 0 Å². The molecule has 26 heavy (non-hydrogen) atoms. The van der Waals surface area contributed by atoms with Gasteiger partial charge in [-0.3, -0.25) is 14.5 Å². The van der Waals surface area contributed by atoms with Gasteiger partial charge in [-0.05, 0) is 12.3 Å². The van der Waals surface area contributed by atoms with E-state index in [0.717, 1.165) is 28.8 Å². The molecule has 0 aromatic carbocycles. The molecule has 0 aliphatic carbocycles. The van der Waals surface area contributed by atoms with E-state index in [4.69, 9.17) is 0 Å². The minimum Gasteiger partial charge on any atom is -0.353 e. The third-order valence-corrected chi connectivity index (χ3v) is 5.00. The predicted octanol–water partition coefficient (Wildman–Crippen LogP) is 0.952. The summed E-state index contributed by atoms with van der Waals surface area (Å²) in [4.78, 5) is 32.0. The molecule has 9 heteroatoms. The molecule has 0 spiro atoms. The normalized spacial score (nSPS) is 18.9. The monoisotopic (exact) mass is 378 g/mol. The van der Waals surface area contributed by atoms with E-state index in [9.17, 15) is 9.59 Å². The highest BCUT2D eigenvalue weighted by Crippen LogP contribution is 2.19. The van der Waals surface area contributed by atoms with Gasteiger partial charge in [0.1, 0.15) is 5.01 Å². The molecule has 0 radical (unpaired) electrons. The van der Waals surface area contributed by atoms with Crippen LogP contribution < -0.4 is 10.6 Å². The second-order valence-electron chi connectivity index (χ2n) is 7.90. The lowest BCUT2D eigenvalue weighted by atomic mass is 9.94. The number of nitrogens with zero attached hydrogens (tertiary/aromatic N) is 4. The zero-order valence-corrected chi connectivity index (χ0v) is 16.5. The molecule has 0 bridgehead atoms. The van der Waals surface area contributed by atoms with Gasteiger partial charge >= 0.3 is 0 Å². The molecule has 1 atom stereocenters. The number of piperazine rings is 1. The number of fused-ring (bicyclic) bond motifs is 1. The summed E-state index contributed by atoms with van der Waals surface area (Å²) >= 11 is 1.51. The Hall–Kier alpha value is -2.00. The standard InChI is InChI=1S/C17H26N6O2S/c1-11-21-23-9-12(20-16(23)26-11)8-19-14(24)7-13-15(25)18-5-6-22(13)10-17(2,3)4/h9,13H,5-8,10H2,1-4H3,(H,18,25)(H,19,24). The van der Waals surface area contributed by atoms with E-state index in [1.54, 1.807) is 4.52 Å². The zero-order valence-electron chi connectivity index (χ0n) is 15.7. The zero-order chi connectivity index (χ0) is 18.9. The maximum Gasteiger partial charge on any atom is 0.237 e. The molecule has 1 saturated heterocycles. The smallest absolute Gasteiger partial charge is 0.237 e.